The molecule has 0 saturated carbocycles. The van der Waals surface area contributed by atoms with Crippen LogP contribution in [-0.4, -0.2) is 24.2 Å². The van der Waals surface area contributed by atoms with E-state index in [1.807, 2.05) is 0 Å². The third-order valence-electron chi connectivity index (χ3n) is 17.5. The van der Waals surface area contributed by atoms with Crippen LogP contribution in [0.4, 0.5) is 34.1 Å². The molecule has 0 aromatic heterocycles. The van der Waals surface area contributed by atoms with Gasteiger partial charge in [-0.05, 0) is 164 Å². The molecule has 340 valence electrons. The fraction of sp³-hybridized carbons (Fsp3) is 0.238. The van der Waals surface area contributed by atoms with Gasteiger partial charge in [0.15, 0.2) is 0 Å². The molecular weight excluding hydrogens is 869 g/mol. The van der Waals surface area contributed by atoms with E-state index >= 15 is 0 Å². The van der Waals surface area contributed by atoms with Crippen molar-refractivity contribution in [2.24, 2.45) is 0 Å². The lowest BCUT2D eigenvalue weighted by atomic mass is 9.91. The van der Waals surface area contributed by atoms with Crippen molar-refractivity contribution in [1.82, 2.24) is 0 Å². The molecule has 0 radical (unpaired) electrons. The Balaban J connectivity index is 1.11. The zero-order chi connectivity index (χ0) is 47.8. The van der Waals surface area contributed by atoms with Gasteiger partial charge in [0.2, 0.25) is 0 Å². The number of para-hydroxylation sites is 4. The minimum Gasteiger partial charge on any atom is -0.310 e. The van der Waals surface area contributed by atoms with E-state index in [0.29, 0.717) is 0 Å². The monoisotopic (exact) mass is 934 g/mol. The van der Waals surface area contributed by atoms with Crippen molar-refractivity contribution in [3.8, 4) is 33.4 Å². The minimum absolute atomic E-state index is 0.0902. The summed E-state index contributed by atoms with van der Waals surface area (Å²) in [6, 6.07) is 69.1. The highest BCUT2D eigenvalue weighted by Gasteiger charge is 2.55. The number of rotatable bonds is 9. The topological polar surface area (TPSA) is 6.48 Å². The van der Waals surface area contributed by atoms with Gasteiger partial charge in [0.05, 0.1) is 24.2 Å². The molecule has 3 aliphatic carbocycles. The quantitative estimate of drug-likeness (QED) is 0.133. The summed E-state index contributed by atoms with van der Waals surface area (Å²) in [6.45, 7) is 31.2. The van der Waals surface area contributed by atoms with Crippen LogP contribution in [0.1, 0.15) is 54.2 Å². The molecule has 0 heterocycles. The first-order valence-electron chi connectivity index (χ1n) is 24.8. The van der Waals surface area contributed by atoms with E-state index in [0.717, 1.165) is 0 Å². The fourth-order valence-corrected chi connectivity index (χ4v) is 18.5. The van der Waals surface area contributed by atoms with Crippen LogP contribution in [0.2, 0.25) is 58.9 Å². The summed E-state index contributed by atoms with van der Waals surface area (Å²) in [7, 11) is -5.82. The first kappa shape index (κ1) is 44.5. The van der Waals surface area contributed by atoms with Crippen LogP contribution in [-0.2, 0) is 15.1 Å². The maximum absolute atomic E-state index is 2.72. The predicted octanol–water partition coefficient (Wildman–Crippen LogP) is 18.1. The lowest BCUT2D eigenvalue weighted by molar-refractivity contribution is 0.785. The molecule has 8 aromatic carbocycles. The van der Waals surface area contributed by atoms with E-state index in [9.17, 15) is 0 Å². The normalized spacial score (nSPS) is 19.9. The van der Waals surface area contributed by atoms with Crippen LogP contribution in [0.25, 0.3) is 33.4 Å². The second-order valence-corrected chi connectivity index (χ2v) is 40.0. The molecule has 8 aromatic rings. The smallest absolute Gasteiger partial charge is 0.0609 e. The van der Waals surface area contributed by atoms with Crippen LogP contribution in [0.3, 0.4) is 0 Å². The molecule has 0 spiro atoms. The van der Waals surface area contributed by atoms with Gasteiger partial charge >= 0.3 is 0 Å². The first-order valence-corrected chi connectivity index (χ1v) is 35.3. The number of fused-ring (bicyclic) bond motifs is 9. The standard InChI is InChI=1S/C63H66N2Si3/c1-61(66(4,5)6)55-37-47(64(43-25-17-13-18-26-43)44-27-19-14-20-28-44)33-35-49(55)51-39-59-53(41-57(51)61)54-42-58-52(40-60(54)63(59,3)68(10,11)12)50-36-34-48(38-56(50)62(58,2)67(7,8)9)65(45-29-21-15-22-30-45)46-31-23-16-24-32-46/h13-42H,1-12H3. The van der Waals surface area contributed by atoms with Gasteiger partial charge in [-0.3, -0.25) is 0 Å². The highest BCUT2D eigenvalue weighted by Crippen LogP contribution is 2.64. The Morgan fingerprint density at radius 1 is 0.250 bits per heavy atom. The lowest BCUT2D eigenvalue weighted by Crippen LogP contribution is -2.47. The van der Waals surface area contributed by atoms with E-state index in [-0.39, 0.29) is 15.1 Å². The molecule has 0 bridgehead atoms. The number of anilines is 6. The van der Waals surface area contributed by atoms with Crippen molar-refractivity contribution < 1.29 is 0 Å². The summed E-state index contributed by atoms with van der Waals surface area (Å²) in [5.74, 6) is 0. The van der Waals surface area contributed by atoms with Gasteiger partial charge in [0.25, 0.3) is 0 Å². The molecule has 0 fully saturated rings. The van der Waals surface area contributed by atoms with Gasteiger partial charge in [-0.25, -0.2) is 0 Å². The Morgan fingerprint density at radius 3 is 0.706 bits per heavy atom. The van der Waals surface area contributed by atoms with Crippen molar-refractivity contribution in [1.29, 1.82) is 0 Å². The van der Waals surface area contributed by atoms with E-state index in [1.54, 1.807) is 0 Å². The molecule has 2 unspecified atom stereocenters. The molecule has 2 atom stereocenters. The number of nitrogens with zero attached hydrogens (tertiary/aromatic N) is 2. The van der Waals surface area contributed by atoms with Gasteiger partial charge < -0.3 is 9.80 Å². The third-order valence-corrected chi connectivity index (χ3v) is 28.1. The van der Waals surface area contributed by atoms with Gasteiger partial charge in [-0.2, -0.15) is 0 Å². The summed E-state index contributed by atoms with van der Waals surface area (Å²) >= 11 is 0. The number of benzene rings is 8. The fourth-order valence-electron chi connectivity index (χ4n) is 12.4. The molecule has 3 aliphatic rings. The van der Waals surface area contributed by atoms with Crippen molar-refractivity contribution in [3.63, 3.8) is 0 Å². The SMILES string of the molecule is CC1([Si](C)(C)C)c2cc(N(c3ccccc3)c3ccccc3)ccc2-c2cc3c(cc21)-c1cc2c(cc1C3(C)[Si](C)(C)C)-c1ccc(N(c3ccccc3)c3ccccc3)cc1C2(C)[Si](C)(C)C. The van der Waals surface area contributed by atoms with Gasteiger partial charge in [0.1, 0.15) is 0 Å². The van der Waals surface area contributed by atoms with Crippen LogP contribution in [0.5, 0.6) is 0 Å². The highest BCUT2D eigenvalue weighted by molar-refractivity contribution is 6.81. The molecule has 0 amide bonds. The second-order valence-electron chi connectivity index (χ2n) is 23.5. The minimum atomic E-state index is -1.94. The maximum Gasteiger partial charge on any atom is 0.0609 e. The summed E-state index contributed by atoms with van der Waals surface area (Å²) < 4.78 is 0. The van der Waals surface area contributed by atoms with Crippen LogP contribution in [0, 0.1) is 0 Å². The van der Waals surface area contributed by atoms with Crippen LogP contribution >= 0.6 is 0 Å². The first-order chi connectivity index (χ1) is 32.3. The molecule has 5 heteroatoms. The van der Waals surface area contributed by atoms with E-state index in [4.69, 9.17) is 0 Å². The Labute approximate surface area is 409 Å². The summed E-state index contributed by atoms with van der Waals surface area (Å²) in [4.78, 5) is 4.87. The molecule has 0 N–H and O–H groups in total. The van der Waals surface area contributed by atoms with Crippen molar-refractivity contribution >= 4 is 58.3 Å². The van der Waals surface area contributed by atoms with Gasteiger partial charge in [-0.1, -0.05) is 165 Å². The van der Waals surface area contributed by atoms with Crippen LogP contribution < -0.4 is 9.80 Å². The van der Waals surface area contributed by atoms with Crippen molar-refractivity contribution in [2.45, 2.75) is 94.8 Å². The molecule has 68 heavy (non-hydrogen) atoms. The summed E-state index contributed by atoms with van der Waals surface area (Å²) in [5.41, 5.74) is 24.8. The summed E-state index contributed by atoms with van der Waals surface area (Å²) in [5, 5.41) is -0.313. The van der Waals surface area contributed by atoms with E-state index in [1.165, 1.54) is 101 Å². The van der Waals surface area contributed by atoms with Crippen molar-refractivity contribution in [2.75, 3.05) is 9.80 Å². The second kappa shape index (κ2) is 15.3. The predicted molar refractivity (Wildman–Crippen MR) is 302 cm³/mol. The van der Waals surface area contributed by atoms with Crippen molar-refractivity contribution in [3.05, 3.63) is 215 Å². The molecule has 2 nitrogen and oxygen atoms in total. The zero-order valence-corrected chi connectivity index (χ0v) is 45.2. The van der Waals surface area contributed by atoms with Gasteiger partial charge in [-0.15, -0.1) is 0 Å². The third kappa shape index (κ3) is 6.24. The largest absolute Gasteiger partial charge is 0.310 e. The lowest BCUT2D eigenvalue weighted by Gasteiger charge is -2.41. The Morgan fingerprint density at radius 2 is 0.471 bits per heavy atom. The molecule has 11 rings (SSSR count). The van der Waals surface area contributed by atoms with Gasteiger partial charge in [0, 0.05) is 49.2 Å². The molecule has 0 saturated heterocycles. The Bertz CT molecular complexity index is 2980. The van der Waals surface area contributed by atoms with Crippen LogP contribution in [0.15, 0.2) is 182 Å². The molecule has 0 aliphatic heterocycles. The highest BCUT2D eigenvalue weighted by atomic mass is 28.3. The van der Waals surface area contributed by atoms with E-state index < -0.39 is 24.2 Å². The number of hydrogen-bond acceptors (Lipinski definition) is 2. The summed E-state index contributed by atoms with van der Waals surface area (Å²) in [6.07, 6.45) is 0. The maximum atomic E-state index is 2.72. The zero-order valence-electron chi connectivity index (χ0n) is 42.2. The molecular formula is C63H66N2Si3. The Hall–Kier alpha value is -5.99. The number of hydrogen-bond donors (Lipinski definition) is 0. The Kier molecular flexibility index (Phi) is 9.99. The average molecular weight is 935 g/mol. The van der Waals surface area contributed by atoms with E-state index in [2.05, 4.69) is 271 Å². The average Bonchev–Trinajstić information content (AvgIpc) is 3.84.